The molecule has 5 atom stereocenters. The molecule has 3 aliphatic rings. The number of aromatic nitrogens is 2. The topological polar surface area (TPSA) is 230 Å². The van der Waals surface area contributed by atoms with Crippen molar-refractivity contribution >= 4 is 66.8 Å². The molecule has 0 radical (unpaired) electrons. The first-order chi connectivity index (χ1) is 21.2. The zero-order valence-corrected chi connectivity index (χ0v) is 22.4. The second-order valence-corrected chi connectivity index (χ2v) is 10.8. The molecule has 17 nitrogen and oxygen atoms in total. The molecule has 2 N–H and O–H groups in total. The third kappa shape index (κ3) is 3.04. The summed E-state index contributed by atoms with van der Waals surface area (Å²) in [6.45, 7) is -0.189. The van der Waals surface area contributed by atoms with Crippen LogP contribution >= 0.6 is 0 Å². The SMILES string of the molecule is CO[C@H]1[C@H](O)[C@H]2[C@@H](O[C@@H]1CN=[N+]=[N-])n1c3ccc([N+](=O)[O-])cc3c3c4c(c5c6cc([N+](=O)[O-])ccc6n2c5c31)C(=O)NC4=O. The van der Waals surface area contributed by atoms with Gasteiger partial charge in [-0.1, -0.05) is 5.11 Å². The van der Waals surface area contributed by atoms with Crippen molar-refractivity contribution in [1.29, 1.82) is 0 Å². The molecule has 0 spiro atoms. The van der Waals surface area contributed by atoms with E-state index in [4.69, 9.17) is 15.0 Å². The molecule has 0 unspecified atom stereocenters. The smallest absolute Gasteiger partial charge is 0.270 e. The van der Waals surface area contributed by atoms with E-state index in [9.17, 15) is 34.9 Å². The molecular formula is C27H18N8O9. The molecule has 2 aromatic heterocycles. The van der Waals surface area contributed by atoms with E-state index in [1.54, 1.807) is 9.13 Å². The highest BCUT2D eigenvalue weighted by Gasteiger charge is 2.52. The summed E-state index contributed by atoms with van der Waals surface area (Å²) in [5.41, 5.74) is 10.0. The number of carbonyl (C=O) groups excluding carboxylic acids is 2. The maximum atomic E-state index is 13.4. The number of nitro groups is 2. The first-order valence-corrected chi connectivity index (χ1v) is 13.3. The van der Waals surface area contributed by atoms with E-state index >= 15 is 0 Å². The maximum Gasteiger partial charge on any atom is 0.270 e. The molecule has 3 aromatic carbocycles. The van der Waals surface area contributed by atoms with Gasteiger partial charge in [0.15, 0.2) is 6.23 Å². The molecule has 44 heavy (non-hydrogen) atoms. The molecule has 1 fully saturated rings. The van der Waals surface area contributed by atoms with Gasteiger partial charge >= 0.3 is 0 Å². The van der Waals surface area contributed by atoms with Crippen molar-refractivity contribution in [2.45, 2.75) is 30.6 Å². The summed E-state index contributed by atoms with van der Waals surface area (Å²) in [6, 6.07) is 7.26. The molecule has 0 aliphatic carbocycles. The van der Waals surface area contributed by atoms with E-state index in [0.717, 1.165) is 0 Å². The van der Waals surface area contributed by atoms with Crippen LogP contribution < -0.4 is 5.32 Å². The normalized spacial score (nSPS) is 23.7. The van der Waals surface area contributed by atoms with Crippen LogP contribution in [0, 0.1) is 20.2 Å². The Kier molecular flexibility index (Phi) is 5.16. The van der Waals surface area contributed by atoms with E-state index in [1.165, 1.54) is 43.5 Å². The van der Waals surface area contributed by atoms with Crippen LogP contribution in [0.15, 0.2) is 41.5 Å². The highest BCUT2D eigenvalue weighted by atomic mass is 16.6. The van der Waals surface area contributed by atoms with Crippen LogP contribution in [0.4, 0.5) is 11.4 Å². The number of hydrogen-bond acceptors (Lipinski definition) is 10. The van der Waals surface area contributed by atoms with Gasteiger partial charge in [0.25, 0.3) is 23.2 Å². The van der Waals surface area contributed by atoms with Gasteiger partial charge in [0, 0.05) is 57.8 Å². The van der Waals surface area contributed by atoms with Crippen LogP contribution in [0.25, 0.3) is 54.1 Å². The number of hydrogen-bond donors (Lipinski definition) is 2. The third-order valence-electron chi connectivity index (χ3n) is 8.86. The molecule has 0 saturated carbocycles. The molecule has 220 valence electrons. The van der Waals surface area contributed by atoms with Gasteiger partial charge in [0.2, 0.25) is 0 Å². The maximum absolute atomic E-state index is 13.4. The van der Waals surface area contributed by atoms with Gasteiger partial charge in [0.1, 0.15) is 18.2 Å². The lowest BCUT2D eigenvalue weighted by molar-refractivity contribution is -0.384. The number of nitro benzene ring substituents is 2. The number of azide groups is 1. The Balaban J connectivity index is 1.62. The number of fused-ring (bicyclic) bond motifs is 12. The van der Waals surface area contributed by atoms with Crippen LogP contribution in [-0.2, 0) is 9.47 Å². The van der Waals surface area contributed by atoms with E-state index in [1.807, 2.05) is 0 Å². The number of carbonyl (C=O) groups is 2. The van der Waals surface area contributed by atoms with Crippen LogP contribution in [0.3, 0.4) is 0 Å². The van der Waals surface area contributed by atoms with Gasteiger partial charge in [-0.2, -0.15) is 0 Å². The van der Waals surface area contributed by atoms with E-state index in [-0.39, 0.29) is 45.2 Å². The first kappa shape index (κ1) is 26.1. The standard InChI is InChI=1S/C27H18N8O9/c1-43-24-15(8-29-31-28)44-27-22(23(24)36)32-13-4-2-9(34(39)40)6-11(13)16-18-19(26(38)30-25(18)37)17-12-7-10(35(41)42)3-5-14(12)33(27)21(17)20(16)32/h2-7,15,22-24,27,36H,8H2,1H3,(H,30,37,38)/t15-,22+,23-,24-,27-/m1/s1. The molecule has 3 aliphatic heterocycles. The quantitative estimate of drug-likeness (QED) is 0.0748. The first-order valence-electron chi connectivity index (χ1n) is 13.3. The van der Waals surface area contributed by atoms with Gasteiger partial charge in [-0.3, -0.25) is 35.1 Å². The molecule has 1 saturated heterocycles. The second-order valence-electron chi connectivity index (χ2n) is 10.8. The molecular weight excluding hydrogens is 580 g/mol. The molecule has 5 heterocycles. The van der Waals surface area contributed by atoms with Crippen molar-refractivity contribution in [3.05, 3.63) is 78.2 Å². The zero-order chi connectivity index (χ0) is 30.8. The number of amides is 2. The summed E-state index contributed by atoms with van der Waals surface area (Å²) in [5.74, 6) is -1.45. The van der Waals surface area contributed by atoms with Crippen LogP contribution in [0.2, 0.25) is 0 Å². The van der Waals surface area contributed by atoms with Gasteiger partial charge < -0.3 is 23.7 Å². The Hall–Kier alpha value is -5.61. The Morgan fingerprint density at radius 1 is 1.00 bits per heavy atom. The molecule has 5 aromatic rings. The van der Waals surface area contributed by atoms with Crippen LogP contribution in [0.1, 0.15) is 33.0 Å². The fourth-order valence-electron chi connectivity index (χ4n) is 7.28. The van der Waals surface area contributed by atoms with Crippen LogP contribution in [0.5, 0.6) is 0 Å². The predicted molar refractivity (Wildman–Crippen MR) is 151 cm³/mol. The monoisotopic (exact) mass is 598 g/mol. The number of non-ortho nitro benzene ring substituents is 2. The summed E-state index contributed by atoms with van der Waals surface area (Å²) < 4.78 is 15.6. The number of aliphatic hydroxyl groups is 1. The number of rotatable bonds is 5. The zero-order valence-electron chi connectivity index (χ0n) is 22.4. The van der Waals surface area contributed by atoms with Crippen molar-refractivity contribution in [3.8, 4) is 0 Å². The fraction of sp³-hybridized carbons (Fsp3) is 0.259. The van der Waals surface area contributed by atoms with Gasteiger partial charge in [0.05, 0.1) is 55.7 Å². The average Bonchev–Trinajstić information content (AvgIpc) is 3.62. The summed E-state index contributed by atoms with van der Waals surface area (Å²) >= 11 is 0. The Labute approximate surface area is 243 Å². The van der Waals surface area contributed by atoms with Crippen molar-refractivity contribution < 1.29 is 34.0 Å². The highest BCUT2D eigenvalue weighted by Crippen LogP contribution is 2.54. The third-order valence-corrected chi connectivity index (χ3v) is 8.86. The van der Waals surface area contributed by atoms with Crippen molar-refractivity contribution in [2.24, 2.45) is 5.11 Å². The fourth-order valence-corrected chi connectivity index (χ4v) is 7.28. The Bertz CT molecular complexity index is 2270. The highest BCUT2D eigenvalue weighted by molar-refractivity contribution is 6.39. The van der Waals surface area contributed by atoms with E-state index in [2.05, 4.69) is 15.3 Å². The van der Waals surface area contributed by atoms with Gasteiger partial charge in [-0.15, -0.1) is 0 Å². The minimum atomic E-state index is -1.30. The Morgan fingerprint density at radius 3 is 2.07 bits per heavy atom. The van der Waals surface area contributed by atoms with Crippen molar-refractivity contribution in [2.75, 3.05) is 13.7 Å². The number of aliphatic hydroxyl groups excluding tert-OH is 1. The number of benzene rings is 3. The van der Waals surface area contributed by atoms with Gasteiger partial charge in [-0.25, -0.2) is 0 Å². The second kappa shape index (κ2) is 8.71. The molecule has 0 bridgehead atoms. The van der Waals surface area contributed by atoms with Crippen LogP contribution in [-0.4, -0.2) is 67.9 Å². The minimum absolute atomic E-state index is 0.0255. The summed E-state index contributed by atoms with van der Waals surface area (Å²) in [4.78, 5) is 52.1. The minimum Gasteiger partial charge on any atom is -0.388 e. The average molecular weight is 598 g/mol. The lowest BCUT2D eigenvalue weighted by atomic mass is 9.92. The van der Waals surface area contributed by atoms with E-state index < -0.39 is 52.2 Å². The summed E-state index contributed by atoms with van der Waals surface area (Å²) in [5, 5.41) is 42.6. The Morgan fingerprint density at radius 2 is 1.55 bits per heavy atom. The lowest BCUT2D eigenvalue weighted by Crippen LogP contribution is -2.55. The molecule has 2 amide bonds. The van der Waals surface area contributed by atoms with Crippen molar-refractivity contribution in [3.63, 3.8) is 0 Å². The lowest BCUT2D eigenvalue weighted by Gasteiger charge is -2.47. The largest absolute Gasteiger partial charge is 0.388 e. The number of nitrogens with zero attached hydrogens (tertiary/aromatic N) is 7. The van der Waals surface area contributed by atoms with Crippen molar-refractivity contribution in [1.82, 2.24) is 14.5 Å². The molecule has 17 heteroatoms. The summed E-state index contributed by atoms with van der Waals surface area (Å²) in [6.07, 6.45) is -4.23. The number of nitrogens with one attached hydrogen (secondary N) is 1. The van der Waals surface area contributed by atoms with Gasteiger partial charge in [-0.05, 0) is 17.7 Å². The number of ether oxygens (including phenoxy) is 2. The number of imide groups is 1. The predicted octanol–water partition coefficient (Wildman–Crippen LogP) is 3.74. The summed E-state index contributed by atoms with van der Waals surface area (Å²) in [7, 11) is 1.37. The number of methoxy groups -OCH3 is 1. The molecule has 8 rings (SSSR count). The van der Waals surface area contributed by atoms with E-state index in [0.29, 0.717) is 27.5 Å².